The summed E-state index contributed by atoms with van der Waals surface area (Å²) in [6.45, 7) is 11.8. The van der Waals surface area contributed by atoms with Crippen LogP contribution in [-0.2, 0) is 5.54 Å². The molecule has 3 heterocycles. The molecule has 0 spiro atoms. The summed E-state index contributed by atoms with van der Waals surface area (Å²) >= 11 is 0. The Balaban J connectivity index is 1.85. The highest BCUT2D eigenvalue weighted by Gasteiger charge is 2.32. The summed E-state index contributed by atoms with van der Waals surface area (Å²) in [4.78, 5) is 22.6. The van der Waals surface area contributed by atoms with Crippen LogP contribution < -0.4 is 0 Å². The Morgan fingerprint density at radius 1 is 1.15 bits per heavy atom. The first kappa shape index (κ1) is 17.5. The number of hydrogen-bond donors (Lipinski definition) is 0. The lowest BCUT2D eigenvalue weighted by atomic mass is 10.1. The van der Waals surface area contributed by atoms with Gasteiger partial charge in [-0.15, -0.1) is 0 Å². The number of carbonyl (C=O) groups excluding carboxylic acids is 1. The Bertz CT molecular complexity index is 851. The van der Waals surface area contributed by atoms with E-state index in [0.717, 1.165) is 54.2 Å². The molecule has 0 bridgehead atoms. The molecule has 6 nitrogen and oxygen atoms in total. The van der Waals surface area contributed by atoms with Gasteiger partial charge in [0.15, 0.2) is 5.65 Å². The van der Waals surface area contributed by atoms with E-state index in [1.807, 2.05) is 22.6 Å². The van der Waals surface area contributed by atoms with Gasteiger partial charge in [-0.3, -0.25) is 4.79 Å². The summed E-state index contributed by atoms with van der Waals surface area (Å²) in [6.07, 6.45) is 2.34. The Hall–Kier alpha value is -1.95. The molecule has 1 saturated carbocycles. The summed E-state index contributed by atoms with van der Waals surface area (Å²) in [7, 11) is 2.11. The summed E-state index contributed by atoms with van der Waals surface area (Å²) < 4.78 is 1.99. The fourth-order valence-electron chi connectivity index (χ4n) is 3.71. The first-order valence-electron chi connectivity index (χ1n) is 9.64. The van der Waals surface area contributed by atoms with Crippen molar-refractivity contribution in [3.63, 3.8) is 0 Å². The average Bonchev–Trinajstić information content (AvgIpc) is 3.37. The number of aryl methyl sites for hydroxylation is 1. The van der Waals surface area contributed by atoms with Crippen LogP contribution in [0.1, 0.15) is 61.3 Å². The summed E-state index contributed by atoms with van der Waals surface area (Å²) in [5, 5.41) is 5.68. The lowest BCUT2D eigenvalue weighted by Crippen LogP contribution is -2.47. The van der Waals surface area contributed by atoms with Crippen molar-refractivity contribution in [2.75, 3.05) is 33.2 Å². The zero-order valence-corrected chi connectivity index (χ0v) is 16.5. The standard InChI is InChI=1S/C20H29N5O/c1-13-17-15(19(26)24-10-8-23(5)9-11-24)12-16(14-6-7-14)21-18(17)25(22-13)20(2,3)4/h12,14H,6-11H2,1-5H3. The Labute approximate surface area is 155 Å². The van der Waals surface area contributed by atoms with Gasteiger partial charge in [-0.2, -0.15) is 5.10 Å². The SMILES string of the molecule is Cc1nn(C(C)(C)C)c2nc(C3CC3)cc(C(=O)N3CCN(C)CC3)c12. The monoisotopic (exact) mass is 355 g/mol. The molecule has 1 amide bonds. The molecule has 0 radical (unpaired) electrons. The molecular formula is C20H29N5O. The molecule has 2 fully saturated rings. The van der Waals surface area contributed by atoms with E-state index >= 15 is 0 Å². The van der Waals surface area contributed by atoms with Crippen molar-refractivity contribution in [3.8, 4) is 0 Å². The number of nitrogens with zero attached hydrogens (tertiary/aromatic N) is 5. The highest BCUT2D eigenvalue weighted by Crippen LogP contribution is 2.41. The molecule has 0 unspecified atom stereocenters. The molecule has 1 aliphatic heterocycles. The molecule has 0 N–H and O–H groups in total. The zero-order chi connectivity index (χ0) is 18.6. The van der Waals surface area contributed by atoms with Crippen molar-refractivity contribution in [1.29, 1.82) is 0 Å². The second-order valence-electron chi connectivity index (χ2n) is 8.83. The number of aromatic nitrogens is 3. The smallest absolute Gasteiger partial charge is 0.254 e. The van der Waals surface area contributed by atoms with Gasteiger partial charge in [-0.1, -0.05) is 0 Å². The van der Waals surface area contributed by atoms with Crippen LogP contribution in [0.5, 0.6) is 0 Å². The molecule has 1 aliphatic carbocycles. The maximum atomic E-state index is 13.4. The topological polar surface area (TPSA) is 54.3 Å². The predicted molar refractivity (Wildman–Crippen MR) is 103 cm³/mol. The summed E-state index contributed by atoms with van der Waals surface area (Å²) in [5.41, 5.74) is 3.42. The molecule has 26 heavy (non-hydrogen) atoms. The molecule has 0 aromatic carbocycles. The van der Waals surface area contributed by atoms with Crippen LogP contribution in [0.2, 0.25) is 0 Å². The van der Waals surface area contributed by atoms with Gasteiger partial charge in [0.05, 0.1) is 22.2 Å². The van der Waals surface area contributed by atoms with E-state index in [2.05, 4.69) is 32.7 Å². The molecule has 140 valence electrons. The van der Waals surface area contributed by atoms with Gasteiger partial charge in [-0.25, -0.2) is 9.67 Å². The van der Waals surface area contributed by atoms with Crippen molar-refractivity contribution >= 4 is 16.9 Å². The fraction of sp³-hybridized carbons (Fsp3) is 0.650. The molecule has 2 aromatic rings. The number of carbonyl (C=O) groups is 1. The van der Waals surface area contributed by atoms with Crippen molar-refractivity contribution in [2.45, 2.75) is 52.0 Å². The van der Waals surface area contributed by atoms with Crippen LogP contribution in [0.4, 0.5) is 0 Å². The van der Waals surface area contributed by atoms with Crippen LogP contribution in [0.3, 0.4) is 0 Å². The predicted octanol–water partition coefficient (Wildman–Crippen LogP) is 2.76. The van der Waals surface area contributed by atoms with E-state index in [1.54, 1.807) is 0 Å². The highest BCUT2D eigenvalue weighted by molar-refractivity contribution is 6.06. The minimum Gasteiger partial charge on any atom is -0.336 e. The lowest BCUT2D eigenvalue weighted by Gasteiger charge is -2.32. The van der Waals surface area contributed by atoms with Crippen LogP contribution in [0.25, 0.3) is 11.0 Å². The number of piperazine rings is 1. The van der Waals surface area contributed by atoms with Gasteiger partial charge >= 0.3 is 0 Å². The molecule has 2 aliphatic rings. The van der Waals surface area contributed by atoms with E-state index in [0.29, 0.717) is 5.92 Å². The van der Waals surface area contributed by atoms with Crippen molar-refractivity contribution in [3.05, 3.63) is 23.0 Å². The average molecular weight is 355 g/mol. The summed E-state index contributed by atoms with van der Waals surface area (Å²) in [6, 6.07) is 2.04. The number of amides is 1. The van der Waals surface area contributed by atoms with Crippen molar-refractivity contribution in [2.24, 2.45) is 0 Å². The fourth-order valence-corrected chi connectivity index (χ4v) is 3.71. The van der Waals surface area contributed by atoms with Gasteiger partial charge in [-0.05, 0) is 53.7 Å². The second-order valence-corrected chi connectivity index (χ2v) is 8.83. The third-order valence-electron chi connectivity index (χ3n) is 5.48. The number of fused-ring (bicyclic) bond motifs is 1. The molecule has 2 aromatic heterocycles. The molecular weight excluding hydrogens is 326 g/mol. The van der Waals surface area contributed by atoms with Crippen molar-refractivity contribution < 1.29 is 4.79 Å². The Morgan fingerprint density at radius 3 is 2.38 bits per heavy atom. The van der Waals surface area contributed by atoms with E-state index in [4.69, 9.17) is 10.1 Å². The minimum absolute atomic E-state index is 0.129. The largest absolute Gasteiger partial charge is 0.336 e. The van der Waals surface area contributed by atoms with Gasteiger partial charge in [0.2, 0.25) is 0 Å². The molecule has 6 heteroatoms. The Morgan fingerprint density at radius 2 is 1.81 bits per heavy atom. The maximum Gasteiger partial charge on any atom is 0.254 e. The van der Waals surface area contributed by atoms with Gasteiger partial charge < -0.3 is 9.80 Å². The van der Waals surface area contributed by atoms with E-state index < -0.39 is 0 Å². The van der Waals surface area contributed by atoms with Crippen LogP contribution >= 0.6 is 0 Å². The first-order chi connectivity index (χ1) is 12.3. The quantitative estimate of drug-likeness (QED) is 0.831. The number of rotatable bonds is 2. The zero-order valence-electron chi connectivity index (χ0n) is 16.5. The van der Waals surface area contributed by atoms with Crippen molar-refractivity contribution in [1.82, 2.24) is 24.6 Å². The van der Waals surface area contributed by atoms with Gasteiger partial charge in [0.25, 0.3) is 5.91 Å². The maximum absolute atomic E-state index is 13.4. The summed E-state index contributed by atoms with van der Waals surface area (Å²) in [5.74, 6) is 0.631. The second kappa shape index (κ2) is 6.05. The Kier molecular flexibility index (Phi) is 4.06. The van der Waals surface area contributed by atoms with Gasteiger partial charge in [0, 0.05) is 37.8 Å². The van der Waals surface area contributed by atoms with E-state index in [1.165, 1.54) is 12.8 Å². The van der Waals surface area contributed by atoms with E-state index in [-0.39, 0.29) is 11.4 Å². The minimum atomic E-state index is -0.171. The number of pyridine rings is 1. The van der Waals surface area contributed by atoms with Crippen LogP contribution in [0, 0.1) is 6.92 Å². The normalized spacial score (nSPS) is 19.3. The van der Waals surface area contributed by atoms with Crippen LogP contribution in [0.15, 0.2) is 6.07 Å². The number of likely N-dealkylation sites (N-methyl/N-ethyl adjacent to an activating group) is 1. The number of hydrogen-bond acceptors (Lipinski definition) is 4. The molecule has 4 rings (SSSR count). The van der Waals surface area contributed by atoms with Crippen LogP contribution in [-0.4, -0.2) is 63.7 Å². The van der Waals surface area contributed by atoms with Gasteiger partial charge in [0.1, 0.15) is 0 Å². The van der Waals surface area contributed by atoms with E-state index in [9.17, 15) is 4.79 Å². The third-order valence-corrected chi connectivity index (χ3v) is 5.48. The highest BCUT2D eigenvalue weighted by atomic mass is 16.2. The molecule has 1 saturated heterocycles. The lowest BCUT2D eigenvalue weighted by molar-refractivity contribution is 0.0666. The molecule has 0 atom stereocenters. The third kappa shape index (κ3) is 3.00. The first-order valence-corrected chi connectivity index (χ1v) is 9.64.